The average molecular weight is 498 g/mol. The van der Waals surface area contributed by atoms with Gasteiger partial charge in [-0.25, -0.2) is 12.7 Å². The number of sulfonamides is 1. The van der Waals surface area contributed by atoms with Gasteiger partial charge in [-0.2, -0.15) is 11.8 Å². The summed E-state index contributed by atoms with van der Waals surface area (Å²) in [6.07, 6.45) is 5.34. The van der Waals surface area contributed by atoms with Gasteiger partial charge in [0.1, 0.15) is 11.8 Å². The van der Waals surface area contributed by atoms with Crippen molar-refractivity contribution in [3.05, 3.63) is 18.2 Å². The molecule has 9 nitrogen and oxygen atoms in total. The zero-order valence-electron chi connectivity index (χ0n) is 19.4. The van der Waals surface area contributed by atoms with Gasteiger partial charge in [-0.3, -0.25) is 19.3 Å². The van der Waals surface area contributed by atoms with Gasteiger partial charge in [0, 0.05) is 14.1 Å². The molecule has 1 saturated heterocycles. The van der Waals surface area contributed by atoms with Gasteiger partial charge >= 0.3 is 0 Å². The molecule has 1 aromatic carbocycles. The summed E-state index contributed by atoms with van der Waals surface area (Å²) in [6.45, 7) is 0. The maximum atomic E-state index is 13.4. The maximum Gasteiger partial charge on any atom is 0.247 e. The summed E-state index contributed by atoms with van der Waals surface area (Å²) in [5.41, 5.74) is 0.163. The van der Waals surface area contributed by atoms with Crippen LogP contribution in [0.4, 0.5) is 5.69 Å². The number of thioether (sulfide) groups is 1. The molecule has 3 amide bonds. The molecular weight excluding hydrogens is 466 g/mol. The monoisotopic (exact) mass is 497 g/mol. The van der Waals surface area contributed by atoms with E-state index < -0.39 is 22.0 Å². The number of carbonyl (C=O) groups excluding carboxylic acids is 3. The Morgan fingerprint density at radius 1 is 1.21 bits per heavy atom. The van der Waals surface area contributed by atoms with Gasteiger partial charge in [0.25, 0.3) is 0 Å². The highest BCUT2D eigenvalue weighted by atomic mass is 32.2. The number of imide groups is 1. The van der Waals surface area contributed by atoms with E-state index in [1.54, 1.807) is 0 Å². The minimum absolute atomic E-state index is 0.0105. The lowest BCUT2D eigenvalue weighted by molar-refractivity contribution is -0.146. The Bertz CT molecular complexity index is 1000. The van der Waals surface area contributed by atoms with Gasteiger partial charge in [0.2, 0.25) is 27.7 Å². The van der Waals surface area contributed by atoms with E-state index in [1.807, 2.05) is 6.26 Å². The number of rotatable bonds is 9. The summed E-state index contributed by atoms with van der Waals surface area (Å²) in [5.74, 6) is -0.933. The second-order valence-electron chi connectivity index (χ2n) is 8.48. The number of likely N-dealkylation sites (tertiary alicyclic amines) is 1. The van der Waals surface area contributed by atoms with Crippen LogP contribution in [0.2, 0.25) is 0 Å². The maximum absolute atomic E-state index is 13.4. The molecule has 182 valence electrons. The van der Waals surface area contributed by atoms with E-state index in [0.717, 1.165) is 22.0 Å². The topological polar surface area (TPSA) is 113 Å². The van der Waals surface area contributed by atoms with E-state index in [-0.39, 0.29) is 40.0 Å². The first-order chi connectivity index (χ1) is 15.6. The van der Waals surface area contributed by atoms with Gasteiger partial charge in [0.15, 0.2) is 0 Å². The first-order valence-electron chi connectivity index (χ1n) is 10.9. The SMILES string of the molecule is COc1ccc(S(=O)(=O)N(C)C)cc1NC(=O)[C@@H](CCSC)N1C(=O)[C@H]2CCCC[C@H]2C1=O. The van der Waals surface area contributed by atoms with Crippen molar-refractivity contribution >= 4 is 45.2 Å². The molecule has 1 heterocycles. The summed E-state index contributed by atoms with van der Waals surface area (Å²) < 4.78 is 31.5. The van der Waals surface area contributed by atoms with Crippen molar-refractivity contribution < 1.29 is 27.5 Å². The lowest BCUT2D eigenvalue weighted by Crippen LogP contribution is -2.48. The molecule has 3 atom stereocenters. The molecule has 1 aliphatic heterocycles. The van der Waals surface area contributed by atoms with Crippen LogP contribution < -0.4 is 10.1 Å². The Labute approximate surface area is 199 Å². The van der Waals surface area contributed by atoms with Crippen molar-refractivity contribution in [3.63, 3.8) is 0 Å². The van der Waals surface area contributed by atoms with Crippen molar-refractivity contribution in [3.8, 4) is 5.75 Å². The predicted molar refractivity (Wildman–Crippen MR) is 127 cm³/mol. The Kier molecular flexibility index (Phi) is 8.07. The number of ether oxygens (including phenoxy) is 1. The Morgan fingerprint density at radius 2 is 1.82 bits per heavy atom. The smallest absolute Gasteiger partial charge is 0.247 e. The summed E-state index contributed by atoms with van der Waals surface area (Å²) in [6, 6.07) is 3.21. The van der Waals surface area contributed by atoms with E-state index >= 15 is 0 Å². The van der Waals surface area contributed by atoms with Gasteiger partial charge in [-0.05, 0) is 49.5 Å². The largest absolute Gasteiger partial charge is 0.495 e. The molecule has 0 aromatic heterocycles. The van der Waals surface area contributed by atoms with Crippen molar-refractivity contribution in [2.24, 2.45) is 11.8 Å². The minimum Gasteiger partial charge on any atom is -0.495 e. The molecule has 1 saturated carbocycles. The number of hydrogen-bond acceptors (Lipinski definition) is 7. The molecule has 0 unspecified atom stereocenters. The van der Waals surface area contributed by atoms with Crippen molar-refractivity contribution in [1.29, 1.82) is 0 Å². The molecule has 0 bridgehead atoms. The molecule has 3 rings (SSSR count). The van der Waals surface area contributed by atoms with Gasteiger partial charge < -0.3 is 10.1 Å². The van der Waals surface area contributed by atoms with Crippen LogP contribution in [0.5, 0.6) is 5.75 Å². The number of methoxy groups -OCH3 is 1. The van der Waals surface area contributed by atoms with Gasteiger partial charge in [-0.15, -0.1) is 0 Å². The quantitative estimate of drug-likeness (QED) is 0.520. The molecule has 2 fully saturated rings. The molecule has 0 radical (unpaired) electrons. The number of amides is 3. The molecule has 2 aliphatic rings. The summed E-state index contributed by atoms with van der Waals surface area (Å²) in [4.78, 5) is 40.7. The number of carbonyl (C=O) groups is 3. The fourth-order valence-corrected chi connectivity index (χ4v) is 5.86. The number of anilines is 1. The molecular formula is C22H31N3O6S2. The van der Waals surface area contributed by atoms with E-state index in [4.69, 9.17) is 4.74 Å². The minimum atomic E-state index is -3.74. The Balaban J connectivity index is 1.92. The first-order valence-corrected chi connectivity index (χ1v) is 13.7. The lowest BCUT2D eigenvalue weighted by Gasteiger charge is -2.26. The standard InChI is InChI=1S/C22H31N3O6S2/c1-24(2)33(29,30)14-9-10-19(31-3)17(13-14)23-20(26)18(11-12-32-4)25-21(27)15-7-5-6-8-16(15)22(25)28/h9-10,13,15-16,18H,5-8,11-12H2,1-4H3,(H,23,26)/t15-,16+,18-/m1/s1. The third kappa shape index (κ3) is 5.04. The van der Waals surface area contributed by atoms with E-state index in [1.165, 1.54) is 51.2 Å². The first kappa shape index (κ1) is 25.5. The van der Waals surface area contributed by atoms with Crippen LogP contribution in [0.1, 0.15) is 32.1 Å². The highest BCUT2D eigenvalue weighted by Crippen LogP contribution is 2.39. The van der Waals surface area contributed by atoms with Crippen LogP contribution in [-0.4, -0.2) is 74.6 Å². The molecule has 0 spiro atoms. The molecule has 1 aromatic rings. The summed E-state index contributed by atoms with van der Waals surface area (Å²) in [7, 11) is 0.507. The predicted octanol–water partition coefficient (Wildman–Crippen LogP) is 2.18. The normalized spacial score (nSPS) is 21.8. The molecule has 1 aliphatic carbocycles. The highest BCUT2D eigenvalue weighted by Gasteiger charge is 2.51. The van der Waals surface area contributed by atoms with E-state index in [9.17, 15) is 22.8 Å². The number of benzene rings is 1. The number of hydrogen-bond donors (Lipinski definition) is 1. The van der Waals surface area contributed by atoms with E-state index in [2.05, 4.69) is 5.32 Å². The van der Waals surface area contributed by atoms with E-state index in [0.29, 0.717) is 25.0 Å². The molecule has 1 N–H and O–H groups in total. The third-order valence-electron chi connectivity index (χ3n) is 6.29. The average Bonchev–Trinajstić information content (AvgIpc) is 3.04. The Morgan fingerprint density at radius 3 is 2.33 bits per heavy atom. The number of fused-ring (bicyclic) bond motifs is 1. The van der Waals surface area contributed by atoms with Gasteiger partial charge in [0.05, 0.1) is 29.5 Å². The summed E-state index contributed by atoms with van der Waals surface area (Å²) in [5, 5.41) is 2.72. The van der Waals surface area contributed by atoms with Crippen molar-refractivity contribution in [2.75, 3.05) is 38.5 Å². The Hall–Kier alpha value is -2.11. The van der Waals surface area contributed by atoms with Crippen LogP contribution in [0.3, 0.4) is 0 Å². The lowest BCUT2D eigenvalue weighted by atomic mass is 9.81. The second kappa shape index (κ2) is 10.4. The third-order valence-corrected chi connectivity index (χ3v) is 8.75. The highest BCUT2D eigenvalue weighted by molar-refractivity contribution is 7.98. The molecule has 33 heavy (non-hydrogen) atoms. The number of nitrogens with one attached hydrogen (secondary N) is 1. The van der Waals surface area contributed by atoms with Crippen LogP contribution in [0.25, 0.3) is 0 Å². The van der Waals surface area contributed by atoms with Crippen LogP contribution in [0, 0.1) is 11.8 Å². The fraction of sp³-hybridized carbons (Fsp3) is 0.591. The van der Waals surface area contributed by atoms with Crippen LogP contribution in [-0.2, 0) is 24.4 Å². The second-order valence-corrected chi connectivity index (χ2v) is 11.6. The van der Waals surface area contributed by atoms with Gasteiger partial charge in [-0.1, -0.05) is 12.8 Å². The van der Waals surface area contributed by atoms with Crippen LogP contribution in [0.15, 0.2) is 23.1 Å². The van der Waals surface area contributed by atoms with Crippen LogP contribution >= 0.6 is 11.8 Å². The van der Waals surface area contributed by atoms with Crippen molar-refractivity contribution in [2.45, 2.75) is 43.0 Å². The molecule has 11 heteroatoms. The van der Waals surface area contributed by atoms with Crippen molar-refractivity contribution in [1.82, 2.24) is 9.21 Å². The summed E-state index contributed by atoms with van der Waals surface area (Å²) >= 11 is 1.52. The number of nitrogens with zero attached hydrogens (tertiary/aromatic N) is 2. The zero-order chi connectivity index (χ0) is 24.3. The fourth-order valence-electron chi connectivity index (χ4n) is 4.47. The zero-order valence-corrected chi connectivity index (χ0v) is 21.0.